The Morgan fingerprint density at radius 1 is 0.935 bits per heavy atom. The zero-order valence-electron chi connectivity index (χ0n) is 29.3. The van der Waals surface area contributed by atoms with Crippen molar-refractivity contribution in [3.8, 4) is 5.75 Å². The number of carbonyl (C=O) groups is 2. The molecule has 1 aromatic carbocycles. The lowest BCUT2D eigenvalue weighted by Crippen LogP contribution is -2.67. The minimum absolute atomic E-state index is 0.0280. The van der Waals surface area contributed by atoms with Gasteiger partial charge in [-0.2, -0.15) is 0 Å². The summed E-state index contributed by atoms with van der Waals surface area (Å²) in [5, 5.41) is 20.3. The van der Waals surface area contributed by atoms with Crippen LogP contribution in [0.25, 0.3) is 6.08 Å². The molecular formula is C40H56O6. The molecule has 6 rings (SSSR count). The van der Waals surface area contributed by atoms with Gasteiger partial charge in [-0.25, -0.2) is 4.79 Å². The number of aromatic hydroxyl groups is 1. The molecule has 0 spiro atoms. The number of benzene rings is 1. The number of phenolic OH excluding ortho intramolecular Hbond substituents is 1. The van der Waals surface area contributed by atoms with Gasteiger partial charge in [-0.15, -0.1) is 0 Å². The molecule has 11 unspecified atom stereocenters. The number of rotatable bonds is 5. The number of carbonyl (C=O) groups excluding carboxylic acids is 1. The molecule has 0 aliphatic heterocycles. The molecule has 0 radical (unpaired) electrons. The van der Waals surface area contributed by atoms with Crippen molar-refractivity contribution in [2.45, 2.75) is 112 Å². The first-order valence-corrected chi connectivity index (χ1v) is 17.7. The quantitative estimate of drug-likeness (QED) is 0.192. The lowest BCUT2D eigenvalue weighted by molar-refractivity contribution is -0.242. The fourth-order valence-corrected chi connectivity index (χ4v) is 12.3. The summed E-state index contributed by atoms with van der Waals surface area (Å²) < 4.78 is 12.5. The molecule has 0 aromatic heterocycles. The van der Waals surface area contributed by atoms with E-state index in [1.807, 2.05) is 0 Å². The van der Waals surface area contributed by atoms with Crippen molar-refractivity contribution in [1.29, 1.82) is 0 Å². The molecule has 5 aliphatic carbocycles. The van der Waals surface area contributed by atoms with Crippen molar-refractivity contribution in [3.63, 3.8) is 0 Å². The monoisotopic (exact) mass is 632 g/mol. The van der Waals surface area contributed by atoms with Crippen LogP contribution in [0, 0.1) is 56.7 Å². The average Bonchev–Trinajstić information content (AvgIpc) is 3.00. The van der Waals surface area contributed by atoms with Crippen LogP contribution in [0.15, 0.2) is 42.0 Å². The third-order valence-electron chi connectivity index (χ3n) is 15.1. The van der Waals surface area contributed by atoms with Crippen LogP contribution >= 0.6 is 0 Å². The highest BCUT2D eigenvalue weighted by Crippen LogP contribution is 2.76. The number of esters is 1. The van der Waals surface area contributed by atoms with E-state index in [2.05, 4.69) is 54.5 Å². The minimum Gasteiger partial charge on any atom is -0.508 e. The molecule has 1 aromatic rings. The number of hydrogen-bond donors (Lipinski definition) is 2. The number of allylic oxidation sites excluding steroid dienone is 2. The third kappa shape index (κ3) is 4.66. The highest BCUT2D eigenvalue weighted by molar-refractivity contribution is 5.87. The van der Waals surface area contributed by atoms with E-state index in [1.54, 1.807) is 37.5 Å². The Bertz CT molecular complexity index is 1430. The second-order valence-electron chi connectivity index (χ2n) is 17.2. The molecular weight excluding hydrogens is 576 g/mol. The van der Waals surface area contributed by atoms with E-state index in [4.69, 9.17) is 9.47 Å². The Kier molecular flexibility index (Phi) is 8.14. The Labute approximate surface area is 276 Å². The van der Waals surface area contributed by atoms with Gasteiger partial charge in [0.05, 0.1) is 11.5 Å². The van der Waals surface area contributed by atoms with Crippen molar-refractivity contribution < 1.29 is 29.3 Å². The Balaban J connectivity index is 1.31. The van der Waals surface area contributed by atoms with Gasteiger partial charge in [0, 0.05) is 18.6 Å². The Morgan fingerprint density at radius 2 is 1.63 bits per heavy atom. The lowest BCUT2D eigenvalue weighted by atomic mass is 9.33. The molecule has 11 atom stereocenters. The number of ether oxygens (including phenoxy) is 2. The molecule has 252 valence electrons. The summed E-state index contributed by atoms with van der Waals surface area (Å²) in [6.45, 7) is 16.7. The molecule has 6 heteroatoms. The molecule has 2 N–H and O–H groups in total. The summed E-state index contributed by atoms with van der Waals surface area (Å²) in [6.07, 6.45) is 12.5. The van der Waals surface area contributed by atoms with Crippen LogP contribution in [0.2, 0.25) is 0 Å². The molecule has 0 bridgehead atoms. The van der Waals surface area contributed by atoms with Gasteiger partial charge < -0.3 is 19.7 Å². The van der Waals surface area contributed by atoms with Gasteiger partial charge in [0.1, 0.15) is 11.9 Å². The van der Waals surface area contributed by atoms with Crippen LogP contribution < -0.4 is 0 Å². The number of phenols is 1. The smallest absolute Gasteiger partial charge is 0.331 e. The molecule has 5 aliphatic rings. The zero-order chi connectivity index (χ0) is 33.4. The van der Waals surface area contributed by atoms with E-state index in [1.165, 1.54) is 11.6 Å². The fourth-order valence-electron chi connectivity index (χ4n) is 12.3. The number of carboxylic acids is 1. The van der Waals surface area contributed by atoms with E-state index in [9.17, 15) is 19.8 Å². The predicted octanol–water partition coefficient (Wildman–Crippen LogP) is 8.68. The fraction of sp³-hybridized carbons (Fsp3) is 0.700. The molecule has 0 heterocycles. The van der Waals surface area contributed by atoms with E-state index in [-0.39, 0.29) is 51.5 Å². The van der Waals surface area contributed by atoms with Crippen molar-refractivity contribution in [2.75, 3.05) is 7.11 Å². The van der Waals surface area contributed by atoms with Gasteiger partial charge in [0.2, 0.25) is 0 Å². The van der Waals surface area contributed by atoms with Crippen molar-refractivity contribution in [3.05, 3.63) is 47.6 Å². The lowest BCUT2D eigenvalue weighted by Gasteiger charge is -2.71. The van der Waals surface area contributed by atoms with Gasteiger partial charge in [-0.1, -0.05) is 72.2 Å². The van der Waals surface area contributed by atoms with Crippen LogP contribution in [0.3, 0.4) is 0 Å². The molecule has 46 heavy (non-hydrogen) atoms. The van der Waals surface area contributed by atoms with E-state index in [0.29, 0.717) is 23.7 Å². The van der Waals surface area contributed by atoms with Crippen LogP contribution in [-0.2, 0) is 19.1 Å². The topological polar surface area (TPSA) is 93.1 Å². The normalized spacial score (nSPS) is 44.6. The maximum absolute atomic E-state index is 13.2. The van der Waals surface area contributed by atoms with Gasteiger partial charge in [0.15, 0.2) is 0 Å². The maximum atomic E-state index is 13.2. The van der Waals surface area contributed by atoms with Crippen LogP contribution in [-0.4, -0.2) is 41.5 Å². The van der Waals surface area contributed by atoms with Crippen molar-refractivity contribution in [2.24, 2.45) is 56.7 Å². The van der Waals surface area contributed by atoms with Crippen molar-refractivity contribution >= 4 is 18.0 Å². The zero-order valence-corrected chi connectivity index (χ0v) is 29.3. The SMILES string of the molecule is COC1CC2(C)C(CCC3(C)C2CC=C2C4C(C)C(C)CCC4(C(=O)O)CCC23C)C(C)(C)C1OC(=O)C=Cc1ccc(O)cc1. The highest BCUT2D eigenvalue weighted by Gasteiger charge is 2.70. The predicted molar refractivity (Wildman–Crippen MR) is 180 cm³/mol. The van der Waals surface area contributed by atoms with Crippen LogP contribution in [0.4, 0.5) is 0 Å². The standard InChI is InChI=1S/C40H56O6/c1-24-17-20-40(35(43)44)22-21-38(6)28(33(40)25(24)2)14-15-31-37(5)23-29(45-8)34(36(3,4)30(37)18-19-39(31,38)7)46-32(42)16-11-26-9-12-27(41)13-10-26/h9-14,16,24-25,29-31,33-34,41H,15,17-23H2,1-8H3,(H,43,44). The van der Waals surface area contributed by atoms with Gasteiger partial charge in [0.25, 0.3) is 0 Å². The van der Waals surface area contributed by atoms with E-state index >= 15 is 0 Å². The molecule has 4 fully saturated rings. The summed E-state index contributed by atoms with van der Waals surface area (Å²) in [7, 11) is 1.75. The molecule has 4 saturated carbocycles. The number of methoxy groups -OCH3 is 1. The summed E-state index contributed by atoms with van der Waals surface area (Å²) in [5.74, 6) is 0.967. The van der Waals surface area contributed by atoms with Crippen molar-refractivity contribution in [1.82, 2.24) is 0 Å². The first-order valence-electron chi connectivity index (χ1n) is 17.7. The van der Waals surface area contributed by atoms with E-state index in [0.717, 1.165) is 56.9 Å². The summed E-state index contributed by atoms with van der Waals surface area (Å²) in [6, 6.07) is 6.73. The summed E-state index contributed by atoms with van der Waals surface area (Å²) in [4.78, 5) is 26.2. The highest BCUT2D eigenvalue weighted by atomic mass is 16.6. The van der Waals surface area contributed by atoms with Gasteiger partial charge >= 0.3 is 11.9 Å². The summed E-state index contributed by atoms with van der Waals surface area (Å²) >= 11 is 0. The second-order valence-corrected chi connectivity index (χ2v) is 17.2. The first-order chi connectivity index (χ1) is 21.5. The second kappa shape index (κ2) is 11.2. The number of hydrogen-bond acceptors (Lipinski definition) is 5. The minimum atomic E-state index is -0.636. The molecule has 0 amide bonds. The number of carboxylic acid groups (broad SMARTS) is 1. The van der Waals surface area contributed by atoms with Gasteiger partial charge in [-0.3, -0.25) is 4.79 Å². The Morgan fingerprint density at radius 3 is 2.28 bits per heavy atom. The largest absolute Gasteiger partial charge is 0.508 e. The maximum Gasteiger partial charge on any atom is 0.331 e. The average molecular weight is 633 g/mol. The van der Waals surface area contributed by atoms with Crippen LogP contribution in [0.1, 0.15) is 105 Å². The molecule has 0 saturated heterocycles. The van der Waals surface area contributed by atoms with Gasteiger partial charge in [-0.05, 0) is 121 Å². The van der Waals surface area contributed by atoms with E-state index < -0.39 is 11.4 Å². The first kappa shape index (κ1) is 33.3. The summed E-state index contributed by atoms with van der Waals surface area (Å²) in [5.41, 5.74) is 1.29. The number of fused-ring (bicyclic) bond motifs is 7. The van der Waals surface area contributed by atoms with Crippen LogP contribution in [0.5, 0.6) is 5.75 Å². The number of aliphatic carboxylic acids is 1. The third-order valence-corrected chi connectivity index (χ3v) is 15.1. The molecule has 6 nitrogen and oxygen atoms in total. The Hall–Kier alpha value is -2.60.